The summed E-state index contributed by atoms with van der Waals surface area (Å²) in [5.41, 5.74) is 0. The number of halogens is 9. The van der Waals surface area contributed by atoms with Crippen LogP contribution in [-0.4, -0.2) is 80.8 Å². The molecule has 0 saturated carbocycles. The summed E-state index contributed by atoms with van der Waals surface area (Å²) in [4.78, 5) is 31.1. The Hall–Kier alpha value is -4.10. The molecule has 0 aliphatic heterocycles. The molecule has 24 heteroatoms. The summed E-state index contributed by atoms with van der Waals surface area (Å²) in [7, 11) is -4.65. The first kappa shape index (κ1) is 49.9. The first-order valence-electron chi connectivity index (χ1n) is 15.6. The van der Waals surface area contributed by atoms with Crippen molar-refractivity contribution in [2.24, 2.45) is 0 Å². The van der Waals surface area contributed by atoms with Crippen molar-refractivity contribution in [2.45, 2.75) is 57.1 Å². The van der Waals surface area contributed by atoms with Gasteiger partial charge in [-0.2, -0.15) is 39.5 Å². The van der Waals surface area contributed by atoms with E-state index in [-0.39, 0.29) is 65.1 Å². The van der Waals surface area contributed by atoms with Crippen molar-refractivity contribution in [1.29, 1.82) is 0 Å². The molecule has 0 heterocycles. The lowest BCUT2D eigenvalue weighted by molar-refractivity contribution is -0.173. The fourth-order valence-corrected chi connectivity index (χ4v) is 4.32. The number of amides is 3. The van der Waals surface area contributed by atoms with Gasteiger partial charge in [-0.3, -0.25) is 14.4 Å². The molecule has 54 heavy (non-hydrogen) atoms. The van der Waals surface area contributed by atoms with Crippen molar-refractivity contribution in [3.63, 3.8) is 0 Å². The van der Waals surface area contributed by atoms with Crippen LogP contribution in [0.5, 0.6) is 11.5 Å². The van der Waals surface area contributed by atoms with Crippen LogP contribution in [0.3, 0.4) is 0 Å². The Labute approximate surface area is 305 Å². The smallest absolute Gasteiger partial charge is 0.396 e. The molecule has 4 N–H and O–H groups in total. The third-order valence-electron chi connectivity index (χ3n) is 5.60. The van der Waals surface area contributed by atoms with Crippen molar-refractivity contribution >= 4 is 34.2 Å². The molecule has 0 bridgehead atoms. The second-order valence-electron chi connectivity index (χ2n) is 10.0. The number of alkyl halides is 9. The molecule has 2 aromatic rings. The van der Waals surface area contributed by atoms with E-state index in [2.05, 4.69) is 0 Å². The van der Waals surface area contributed by atoms with E-state index < -0.39 is 52.8 Å². The Balaban J connectivity index is 0.000000849. The number of nitrogens with one attached hydrogen (secondary N) is 3. The van der Waals surface area contributed by atoms with Gasteiger partial charge in [-0.05, 0) is 62.8 Å². The van der Waals surface area contributed by atoms with Gasteiger partial charge in [0.1, 0.15) is 13.2 Å². The monoisotopic (exact) mass is 833 g/mol. The van der Waals surface area contributed by atoms with Crippen LogP contribution in [0.25, 0.3) is 0 Å². The van der Waals surface area contributed by atoms with Gasteiger partial charge in [-0.25, -0.2) is 9.05 Å². The number of benzene rings is 2. The van der Waals surface area contributed by atoms with Gasteiger partial charge in [-0.1, -0.05) is 36.4 Å². The standard InChI is InChI=1S/C12H17F6N2O5P.C12H10O3P.C6H10F3NO2/c13-11(14,15)9(21)19-5-1-3-7-24-26(23)25-8-4-2-6-20-10(22)12(16,17)18;13-16(14-11-7-3-1-4-8-11)15-12-9-5-2-6-10-12;7-6(8,9)5(12)10-3-1-2-4-11/h1-8H2,(H-,19,20,21,22);1-10H;11H,1-4H2,(H,10,12)/q;+1;/p+1. The topological polar surface area (TPSA) is 179 Å². The molecule has 0 unspecified atom stereocenters. The summed E-state index contributed by atoms with van der Waals surface area (Å²) in [5, 5.41) is 13.3. The quantitative estimate of drug-likeness (QED) is 0.0628. The van der Waals surface area contributed by atoms with E-state index in [9.17, 15) is 63.0 Å². The number of unbranched alkanes of at least 4 members (excludes halogenated alkanes) is 3. The van der Waals surface area contributed by atoms with E-state index >= 15 is 0 Å². The molecule has 0 aromatic heterocycles. The van der Waals surface area contributed by atoms with Crippen molar-refractivity contribution in [3.05, 3.63) is 60.7 Å². The SMILES string of the molecule is O=C(NCCCCO)C(F)(F)F.O=C(NCCCCO[P+](=O)OCCCCNC(=O)C(F)(F)F)C(F)(F)F.O=[P+](Oc1ccccc1)Oc1ccccc1. The van der Waals surface area contributed by atoms with Crippen LogP contribution >= 0.6 is 16.5 Å². The maximum absolute atomic E-state index is 11.9. The number of hydrogen-bond donors (Lipinski definition) is 4. The molecule has 0 radical (unpaired) electrons. The molecule has 304 valence electrons. The molecular formula is C30H38F9N3O10P2+2. The lowest BCUT2D eigenvalue weighted by Crippen LogP contribution is -2.37. The Morgan fingerprint density at radius 1 is 0.519 bits per heavy atom. The molecule has 0 aliphatic rings. The molecule has 3 amide bonds. The van der Waals surface area contributed by atoms with E-state index in [0.29, 0.717) is 24.3 Å². The van der Waals surface area contributed by atoms with Gasteiger partial charge in [-0.15, -0.1) is 9.05 Å². The maximum atomic E-state index is 11.9. The number of carbonyl (C=O) groups is 3. The van der Waals surface area contributed by atoms with Crippen LogP contribution in [0.1, 0.15) is 38.5 Å². The third kappa shape index (κ3) is 27.5. The highest BCUT2D eigenvalue weighted by Crippen LogP contribution is 2.30. The van der Waals surface area contributed by atoms with Crippen molar-refractivity contribution < 1.29 is 86.2 Å². The average molecular weight is 834 g/mol. The van der Waals surface area contributed by atoms with E-state index in [1.807, 2.05) is 12.1 Å². The second kappa shape index (κ2) is 27.5. The van der Waals surface area contributed by atoms with Crippen LogP contribution in [-0.2, 0) is 32.6 Å². The molecule has 0 atom stereocenters. The number of aliphatic hydroxyl groups excluding tert-OH is 1. The van der Waals surface area contributed by atoms with Crippen LogP contribution in [0, 0.1) is 0 Å². The number of aliphatic hydroxyl groups is 1. The van der Waals surface area contributed by atoms with Gasteiger partial charge in [0.15, 0.2) is 11.5 Å². The minimum atomic E-state index is -4.94. The van der Waals surface area contributed by atoms with E-state index in [1.165, 1.54) is 0 Å². The highest BCUT2D eigenvalue weighted by molar-refractivity contribution is 7.34. The number of carbonyl (C=O) groups excluding carboxylic acids is 3. The molecular weight excluding hydrogens is 795 g/mol. The number of hydrogen-bond acceptors (Lipinski definition) is 10. The summed E-state index contributed by atoms with van der Waals surface area (Å²) in [5.74, 6) is -4.96. The molecule has 0 aliphatic carbocycles. The van der Waals surface area contributed by atoms with Crippen LogP contribution in [0.4, 0.5) is 39.5 Å². The highest BCUT2D eigenvalue weighted by Gasteiger charge is 2.39. The Bertz CT molecular complexity index is 1310. The second-order valence-corrected chi connectivity index (χ2v) is 11.8. The van der Waals surface area contributed by atoms with Gasteiger partial charge < -0.3 is 21.1 Å². The predicted molar refractivity (Wildman–Crippen MR) is 173 cm³/mol. The zero-order chi connectivity index (χ0) is 41.0. The van der Waals surface area contributed by atoms with Gasteiger partial charge in [0.25, 0.3) is 0 Å². The Kier molecular flexibility index (Phi) is 25.4. The zero-order valence-electron chi connectivity index (χ0n) is 28.2. The molecule has 0 fully saturated rings. The van der Waals surface area contributed by atoms with E-state index in [4.69, 9.17) is 23.2 Å². The summed E-state index contributed by atoms with van der Waals surface area (Å²) in [6.07, 6.45) is -13.2. The van der Waals surface area contributed by atoms with Gasteiger partial charge in [0.2, 0.25) is 0 Å². The van der Waals surface area contributed by atoms with Crippen LogP contribution in [0.2, 0.25) is 0 Å². The van der Waals surface area contributed by atoms with Crippen molar-refractivity contribution in [3.8, 4) is 11.5 Å². The number of rotatable bonds is 20. The lowest BCUT2D eigenvalue weighted by atomic mass is 10.3. The highest BCUT2D eigenvalue weighted by atomic mass is 31.1. The maximum Gasteiger partial charge on any atom is 0.805 e. The molecule has 0 saturated heterocycles. The molecule has 0 spiro atoms. The Morgan fingerprint density at radius 2 is 0.833 bits per heavy atom. The van der Waals surface area contributed by atoms with Crippen LogP contribution in [0.15, 0.2) is 60.7 Å². The third-order valence-corrected chi connectivity index (χ3v) is 7.10. The summed E-state index contributed by atoms with van der Waals surface area (Å²) >= 11 is 0. The fraction of sp³-hybridized carbons (Fsp3) is 0.500. The minimum absolute atomic E-state index is 0.0566. The number of para-hydroxylation sites is 2. The largest absolute Gasteiger partial charge is 0.805 e. The van der Waals surface area contributed by atoms with Gasteiger partial charge in [0.05, 0.1) is 0 Å². The molecule has 13 nitrogen and oxygen atoms in total. The summed E-state index contributed by atoms with van der Waals surface area (Å²) < 4.78 is 148. The molecule has 2 aromatic carbocycles. The normalized spacial score (nSPS) is 11.1. The lowest BCUT2D eigenvalue weighted by Gasteiger charge is -2.06. The van der Waals surface area contributed by atoms with E-state index in [1.54, 1.807) is 64.5 Å². The first-order chi connectivity index (χ1) is 25.3. The van der Waals surface area contributed by atoms with Gasteiger partial charge in [0, 0.05) is 35.4 Å². The molecule has 2 rings (SSSR count). The van der Waals surface area contributed by atoms with Crippen LogP contribution < -0.4 is 25.0 Å². The van der Waals surface area contributed by atoms with Gasteiger partial charge >= 0.3 is 52.8 Å². The zero-order valence-corrected chi connectivity index (χ0v) is 30.0. The van der Waals surface area contributed by atoms with E-state index in [0.717, 1.165) is 0 Å². The first-order valence-corrected chi connectivity index (χ1v) is 17.8. The predicted octanol–water partition coefficient (Wildman–Crippen LogP) is 6.83. The van der Waals surface area contributed by atoms with Crippen molar-refractivity contribution in [1.82, 2.24) is 16.0 Å². The fourth-order valence-electron chi connectivity index (χ4n) is 3.07. The summed E-state index contributed by atoms with van der Waals surface area (Å²) in [6.45, 7) is -0.718. The summed E-state index contributed by atoms with van der Waals surface area (Å²) in [6, 6.07) is 17.8. The van der Waals surface area contributed by atoms with Crippen molar-refractivity contribution in [2.75, 3.05) is 39.5 Å². The minimum Gasteiger partial charge on any atom is -0.396 e. The Morgan fingerprint density at radius 3 is 1.13 bits per heavy atom. The average Bonchev–Trinajstić information content (AvgIpc) is 3.09.